The number of rotatable bonds is 6. The van der Waals surface area contributed by atoms with E-state index in [0.717, 1.165) is 31.3 Å². The number of nitrogens with one attached hydrogen (secondary N) is 2. The summed E-state index contributed by atoms with van der Waals surface area (Å²) in [6.45, 7) is 3.70. The second-order valence-corrected chi connectivity index (χ2v) is 7.81. The zero-order chi connectivity index (χ0) is 17.9. The average Bonchev–Trinajstić information content (AvgIpc) is 3.40. The van der Waals surface area contributed by atoms with Crippen LogP contribution >= 0.6 is 11.3 Å². The van der Waals surface area contributed by atoms with Crippen molar-refractivity contribution in [1.82, 2.24) is 15.2 Å². The van der Waals surface area contributed by atoms with Gasteiger partial charge in [0.2, 0.25) is 5.91 Å². The van der Waals surface area contributed by atoms with Crippen molar-refractivity contribution < 1.29 is 4.79 Å². The standard InChI is InChI=1S/C21H25N3OS/c1-15(24-11-4-7-20(24)17-9-12-26-14-17)21(25)22-10-8-16-13-23-19-6-3-2-5-18(16)19/h2-3,5-6,9,12-15,20,23H,4,7-8,10-11H2,1H3,(H,22,25)/t15-,20-/m1/s1. The number of H-pyrrole nitrogens is 1. The summed E-state index contributed by atoms with van der Waals surface area (Å²) < 4.78 is 0. The number of fused-ring (bicyclic) bond motifs is 1. The number of nitrogens with zero attached hydrogens (tertiary/aromatic N) is 1. The van der Waals surface area contributed by atoms with Crippen LogP contribution in [0.2, 0.25) is 0 Å². The molecule has 1 aliphatic heterocycles. The Bertz CT molecular complexity index is 870. The van der Waals surface area contributed by atoms with E-state index in [-0.39, 0.29) is 11.9 Å². The first-order valence-corrected chi connectivity index (χ1v) is 10.3. The predicted molar refractivity (Wildman–Crippen MR) is 107 cm³/mol. The highest BCUT2D eigenvalue weighted by Gasteiger charge is 2.32. The third-order valence-corrected chi connectivity index (χ3v) is 6.17. The average molecular weight is 368 g/mol. The monoisotopic (exact) mass is 367 g/mol. The highest BCUT2D eigenvalue weighted by atomic mass is 32.1. The number of hydrogen-bond acceptors (Lipinski definition) is 3. The molecule has 1 fully saturated rings. The number of likely N-dealkylation sites (tertiary alicyclic amines) is 1. The van der Waals surface area contributed by atoms with Crippen molar-refractivity contribution in [3.8, 4) is 0 Å². The first-order chi connectivity index (χ1) is 12.7. The smallest absolute Gasteiger partial charge is 0.237 e. The van der Waals surface area contributed by atoms with E-state index in [9.17, 15) is 4.79 Å². The van der Waals surface area contributed by atoms with Crippen molar-refractivity contribution in [2.75, 3.05) is 13.1 Å². The van der Waals surface area contributed by atoms with Crippen LogP contribution in [0.4, 0.5) is 0 Å². The number of aromatic nitrogens is 1. The largest absolute Gasteiger partial charge is 0.361 e. The van der Waals surface area contributed by atoms with Gasteiger partial charge in [0.05, 0.1) is 6.04 Å². The van der Waals surface area contributed by atoms with E-state index in [2.05, 4.69) is 50.2 Å². The van der Waals surface area contributed by atoms with E-state index in [1.54, 1.807) is 11.3 Å². The normalized spacial score (nSPS) is 19.0. The number of carbonyl (C=O) groups is 1. The Hall–Kier alpha value is -2.11. The molecule has 0 unspecified atom stereocenters. The Labute approximate surface area is 158 Å². The van der Waals surface area contributed by atoms with Gasteiger partial charge in [0.25, 0.3) is 0 Å². The van der Waals surface area contributed by atoms with E-state index < -0.39 is 0 Å². The Morgan fingerprint density at radius 1 is 1.38 bits per heavy atom. The van der Waals surface area contributed by atoms with Gasteiger partial charge in [-0.15, -0.1) is 0 Å². The number of benzene rings is 1. The molecular formula is C21H25N3OS. The molecule has 2 atom stereocenters. The van der Waals surface area contributed by atoms with Crippen LogP contribution in [0.25, 0.3) is 10.9 Å². The molecule has 3 heterocycles. The molecule has 136 valence electrons. The lowest BCUT2D eigenvalue weighted by molar-refractivity contribution is -0.126. The lowest BCUT2D eigenvalue weighted by atomic mass is 10.1. The Morgan fingerprint density at radius 2 is 2.27 bits per heavy atom. The van der Waals surface area contributed by atoms with Gasteiger partial charge in [0.15, 0.2) is 0 Å². The Balaban J connectivity index is 1.34. The topological polar surface area (TPSA) is 48.1 Å². The van der Waals surface area contributed by atoms with E-state index in [1.807, 2.05) is 19.2 Å². The summed E-state index contributed by atoms with van der Waals surface area (Å²) in [5, 5.41) is 8.71. The molecule has 1 aliphatic rings. The van der Waals surface area contributed by atoms with Gasteiger partial charge in [-0.2, -0.15) is 11.3 Å². The van der Waals surface area contributed by atoms with E-state index in [1.165, 1.54) is 16.5 Å². The molecule has 4 nitrogen and oxygen atoms in total. The molecule has 1 amide bonds. The van der Waals surface area contributed by atoms with Crippen molar-refractivity contribution in [3.63, 3.8) is 0 Å². The summed E-state index contributed by atoms with van der Waals surface area (Å²) in [6.07, 6.45) is 5.20. The maximum absolute atomic E-state index is 12.7. The van der Waals surface area contributed by atoms with Gasteiger partial charge in [-0.3, -0.25) is 9.69 Å². The number of carbonyl (C=O) groups excluding carboxylic acids is 1. The first kappa shape index (κ1) is 17.3. The maximum atomic E-state index is 12.7. The van der Waals surface area contributed by atoms with Gasteiger partial charge in [-0.1, -0.05) is 18.2 Å². The summed E-state index contributed by atoms with van der Waals surface area (Å²) in [5.41, 5.74) is 3.76. The van der Waals surface area contributed by atoms with Gasteiger partial charge >= 0.3 is 0 Å². The molecule has 0 saturated carbocycles. The van der Waals surface area contributed by atoms with Gasteiger partial charge < -0.3 is 10.3 Å². The molecule has 0 aliphatic carbocycles. The van der Waals surface area contributed by atoms with Gasteiger partial charge in [0, 0.05) is 29.7 Å². The first-order valence-electron chi connectivity index (χ1n) is 9.34. The van der Waals surface area contributed by atoms with Crippen LogP contribution in [0.1, 0.15) is 36.9 Å². The third kappa shape index (κ3) is 3.41. The molecule has 3 aromatic rings. The highest BCUT2D eigenvalue weighted by Crippen LogP contribution is 2.34. The zero-order valence-electron chi connectivity index (χ0n) is 15.1. The van der Waals surface area contributed by atoms with Crippen LogP contribution in [0.15, 0.2) is 47.3 Å². The van der Waals surface area contributed by atoms with Crippen LogP contribution in [0, 0.1) is 0 Å². The van der Waals surface area contributed by atoms with E-state index in [4.69, 9.17) is 0 Å². The highest BCUT2D eigenvalue weighted by molar-refractivity contribution is 7.07. The number of thiophene rings is 1. The summed E-state index contributed by atoms with van der Waals surface area (Å²) in [5.74, 6) is 0.131. The van der Waals surface area contributed by atoms with Crippen LogP contribution in [0.5, 0.6) is 0 Å². The molecule has 0 spiro atoms. The molecule has 1 saturated heterocycles. The van der Waals surface area contributed by atoms with Gasteiger partial charge in [-0.25, -0.2) is 0 Å². The SMILES string of the molecule is C[C@H](C(=O)NCCc1c[nH]c2ccccc12)N1CCC[C@@H]1c1ccsc1. The minimum atomic E-state index is -0.0923. The fourth-order valence-corrected chi connectivity index (χ4v) is 4.74. The van der Waals surface area contributed by atoms with E-state index >= 15 is 0 Å². The fourth-order valence-electron chi connectivity index (χ4n) is 4.03. The molecule has 0 radical (unpaired) electrons. The van der Waals surface area contributed by atoms with Crippen LogP contribution in [-0.2, 0) is 11.2 Å². The quantitative estimate of drug-likeness (QED) is 0.689. The molecule has 1 aromatic carbocycles. The molecule has 2 N–H and O–H groups in total. The second-order valence-electron chi connectivity index (χ2n) is 7.03. The second kappa shape index (κ2) is 7.64. The van der Waals surface area contributed by atoms with Gasteiger partial charge in [-0.05, 0) is 66.8 Å². The Kier molecular flexibility index (Phi) is 5.09. The van der Waals surface area contributed by atoms with Gasteiger partial charge in [0.1, 0.15) is 0 Å². The molecule has 0 bridgehead atoms. The van der Waals surface area contributed by atoms with Crippen LogP contribution < -0.4 is 5.32 Å². The summed E-state index contributed by atoms with van der Waals surface area (Å²) in [4.78, 5) is 18.3. The molecule has 5 heteroatoms. The number of amides is 1. The summed E-state index contributed by atoms with van der Waals surface area (Å²) in [6, 6.07) is 10.8. The fraction of sp³-hybridized carbons (Fsp3) is 0.381. The molecule has 26 heavy (non-hydrogen) atoms. The van der Waals surface area contributed by atoms with E-state index in [0.29, 0.717) is 12.6 Å². The summed E-state index contributed by atoms with van der Waals surface area (Å²) in [7, 11) is 0. The van der Waals surface area contributed by atoms with Crippen molar-refractivity contribution in [3.05, 3.63) is 58.4 Å². The van der Waals surface area contributed by atoms with Crippen LogP contribution in [0.3, 0.4) is 0 Å². The number of aromatic amines is 1. The predicted octanol–water partition coefficient (Wildman–Crippen LogP) is 4.11. The summed E-state index contributed by atoms with van der Waals surface area (Å²) >= 11 is 1.73. The Morgan fingerprint density at radius 3 is 3.12 bits per heavy atom. The molecular weight excluding hydrogens is 342 g/mol. The van der Waals surface area contributed by atoms with Crippen molar-refractivity contribution >= 4 is 28.1 Å². The third-order valence-electron chi connectivity index (χ3n) is 5.47. The van der Waals surface area contributed by atoms with Crippen molar-refractivity contribution in [1.29, 1.82) is 0 Å². The lowest BCUT2D eigenvalue weighted by Crippen LogP contribution is -2.45. The van der Waals surface area contributed by atoms with Crippen molar-refractivity contribution in [2.24, 2.45) is 0 Å². The minimum Gasteiger partial charge on any atom is -0.361 e. The maximum Gasteiger partial charge on any atom is 0.237 e. The molecule has 4 rings (SSSR count). The zero-order valence-corrected chi connectivity index (χ0v) is 15.9. The molecule has 2 aromatic heterocycles. The number of para-hydroxylation sites is 1. The number of hydrogen-bond donors (Lipinski definition) is 2. The van der Waals surface area contributed by atoms with Crippen molar-refractivity contribution in [2.45, 2.75) is 38.3 Å². The van der Waals surface area contributed by atoms with Crippen LogP contribution in [-0.4, -0.2) is 34.9 Å². The minimum absolute atomic E-state index is 0.0923. The lowest BCUT2D eigenvalue weighted by Gasteiger charge is -2.29.